The van der Waals surface area contributed by atoms with E-state index in [0.717, 1.165) is 24.2 Å². The highest BCUT2D eigenvalue weighted by atomic mass is 16.5. The molecule has 1 atom stereocenters. The fraction of sp³-hybridized carbons (Fsp3) is 0.391. The van der Waals surface area contributed by atoms with Crippen LogP contribution in [0.2, 0.25) is 0 Å². The quantitative estimate of drug-likeness (QED) is 0.817. The summed E-state index contributed by atoms with van der Waals surface area (Å²) >= 11 is 0. The zero-order chi connectivity index (χ0) is 19.6. The van der Waals surface area contributed by atoms with Crippen molar-refractivity contribution >= 4 is 11.7 Å². The smallest absolute Gasteiger partial charge is 0.227 e. The summed E-state index contributed by atoms with van der Waals surface area (Å²) in [6, 6.07) is 15.1. The van der Waals surface area contributed by atoms with Crippen LogP contribution in [0.1, 0.15) is 41.6 Å². The number of ketones is 1. The monoisotopic (exact) mass is 379 g/mol. The van der Waals surface area contributed by atoms with Gasteiger partial charge in [0.25, 0.3) is 0 Å². The second-order valence-electron chi connectivity index (χ2n) is 7.60. The molecule has 0 aliphatic carbocycles. The number of hydrogen-bond donors (Lipinski definition) is 0. The summed E-state index contributed by atoms with van der Waals surface area (Å²) in [7, 11) is 1.62. The second-order valence-corrected chi connectivity index (χ2v) is 7.60. The van der Waals surface area contributed by atoms with Crippen LogP contribution in [0.25, 0.3) is 0 Å². The van der Waals surface area contributed by atoms with Crippen LogP contribution in [-0.4, -0.2) is 42.4 Å². The molecule has 2 aromatic carbocycles. The number of Topliss-reactive ketones (excluding diaryl/α,β-unsaturated/α-hetero) is 1. The topological polar surface area (TPSA) is 55.8 Å². The molecule has 2 aromatic rings. The molecule has 4 rings (SSSR count). The third-order valence-corrected chi connectivity index (χ3v) is 5.78. The second kappa shape index (κ2) is 7.66. The molecule has 0 bridgehead atoms. The number of para-hydroxylation sites is 2. The van der Waals surface area contributed by atoms with E-state index in [1.54, 1.807) is 7.11 Å². The SMILES string of the molecule is COc1ccccc1CC(=O)N1CCCC2(CC1)CC(=O)c1ccccc1O2. The molecule has 5 nitrogen and oxygen atoms in total. The van der Waals surface area contributed by atoms with E-state index >= 15 is 0 Å². The van der Waals surface area contributed by atoms with Crippen LogP contribution in [-0.2, 0) is 11.2 Å². The fourth-order valence-corrected chi connectivity index (χ4v) is 4.26. The minimum Gasteiger partial charge on any atom is -0.496 e. The lowest BCUT2D eigenvalue weighted by molar-refractivity contribution is -0.130. The van der Waals surface area contributed by atoms with Gasteiger partial charge in [0.15, 0.2) is 5.78 Å². The van der Waals surface area contributed by atoms with Gasteiger partial charge in [0.05, 0.1) is 25.5 Å². The summed E-state index contributed by atoms with van der Waals surface area (Å²) in [5.74, 6) is 1.63. The molecule has 2 aliphatic heterocycles. The molecule has 2 heterocycles. The van der Waals surface area contributed by atoms with Gasteiger partial charge < -0.3 is 14.4 Å². The number of hydrogen-bond acceptors (Lipinski definition) is 4. The number of carbonyl (C=O) groups is 2. The van der Waals surface area contributed by atoms with Crippen molar-refractivity contribution in [3.8, 4) is 11.5 Å². The molecule has 1 unspecified atom stereocenters. The van der Waals surface area contributed by atoms with Crippen LogP contribution in [0.15, 0.2) is 48.5 Å². The molecule has 1 fully saturated rings. The average molecular weight is 379 g/mol. The Morgan fingerprint density at radius 3 is 2.75 bits per heavy atom. The number of fused-ring (bicyclic) bond motifs is 1. The van der Waals surface area contributed by atoms with Gasteiger partial charge in [0.2, 0.25) is 5.91 Å². The lowest BCUT2D eigenvalue weighted by Gasteiger charge is -2.37. The zero-order valence-electron chi connectivity index (χ0n) is 16.1. The van der Waals surface area contributed by atoms with E-state index in [1.807, 2.05) is 53.4 Å². The van der Waals surface area contributed by atoms with Gasteiger partial charge in [-0.25, -0.2) is 0 Å². The number of likely N-dealkylation sites (tertiary alicyclic amines) is 1. The van der Waals surface area contributed by atoms with Crippen molar-refractivity contribution in [1.82, 2.24) is 4.90 Å². The molecule has 1 spiro atoms. The van der Waals surface area contributed by atoms with Gasteiger partial charge in [-0.15, -0.1) is 0 Å². The van der Waals surface area contributed by atoms with E-state index in [2.05, 4.69) is 0 Å². The zero-order valence-corrected chi connectivity index (χ0v) is 16.1. The molecule has 1 amide bonds. The van der Waals surface area contributed by atoms with Crippen LogP contribution in [0, 0.1) is 0 Å². The molecule has 2 aliphatic rings. The van der Waals surface area contributed by atoms with Gasteiger partial charge in [-0.1, -0.05) is 30.3 Å². The van der Waals surface area contributed by atoms with Crippen molar-refractivity contribution in [2.75, 3.05) is 20.2 Å². The summed E-state index contributed by atoms with van der Waals surface area (Å²) in [4.78, 5) is 27.4. The summed E-state index contributed by atoms with van der Waals surface area (Å²) in [5, 5.41) is 0. The Hall–Kier alpha value is -2.82. The number of ether oxygens (including phenoxy) is 2. The number of carbonyl (C=O) groups excluding carboxylic acids is 2. The fourth-order valence-electron chi connectivity index (χ4n) is 4.26. The minimum absolute atomic E-state index is 0.0871. The van der Waals surface area contributed by atoms with Crippen molar-refractivity contribution in [2.45, 2.75) is 37.7 Å². The Bertz CT molecular complexity index is 894. The van der Waals surface area contributed by atoms with Gasteiger partial charge in [0, 0.05) is 25.1 Å². The van der Waals surface area contributed by atoms with E-state index < -0.39 is 5.60 Å². The first-order valence-electron chi connectivity index (χ1n) is 9.81. The van der Waals surface area contributed by atoms with Crippen molar-refractivity contribution in [2.24, 2.45) is 0 Å². The van der Waals surface area contributed by atoms with Crippen molar-refractivity contribution in [3.63, 3.8) is 0 Å². The van der Waals surface area contributed by atoms with Crippen LogP contribution in [0.5, 0.6) is 11.5 Å². The molecular weight excluding hydrogens is 354 g/mol. The number of amides is 1. The van der Waals surface area contributed by atoms with Gasteiger partial charge in [-0.3, -0.25) is 9.59 Å². The van der Waals surface area contributed by atoms with Crippen LogP contribution in [0.4, 0.5) is 0 Å². The van der Waals surface area contributed by atoms with Gasteiger partial charge >= 0.3 is 0 Å². The Balaban J connectivity index is 1.46. The van der Waals surface area contributed by atoms with Crippen molar-refractivity contribution in [3.05, 3.63) is 59.7 Å². The maximum atomic E-state index is 12.9. The Kier molecular flexibility index (Phi) is 5.07. The van der Waals surface area contributed by atoms with E-state index in [-0.39, 0.29) is 11.7 Å². The molecule has 1 saturated heterocycles. The number of benzene rings is 2. The Labute approximate surface area is 165 Å². The first kappa shape index (κ1) is 18.5. The molecule has 0 saturated carbocycles. The molecule has 0 radical (unpaired) electrons. The van der Waals surface area contributed by atoms with Gasteiger partial charge in [0.1, 0.15) is 17.1 Å². The van der Waals surface area contributed by atoms with E-state index in [9.17, 15) is 9.59 Å². The highest BCUT2D eigenvalue weighted by Crippen LogP contribution is 2.39. The number of rotatable bonds is 3. The number of methoxy groups -OCH3 is 1. The van der Waals surface area contributed by atoms with Crippen molar-refractivity contribution in [1.29, 1.82) is 0 Å². The third-order valence-electron chi connectivity index (χ3n) is 5.78. The van der Waals surface area contributed by atoms with E-state index in [1.165, 1.54) is 0 Å². The van der Waals surface area contributed by atoms with E-state index in [4.69, 9.17) is 9.47 Å². The van der Waals surface area contributed by atoms with Gasteiger partial charge in [-0.2, -0.15) is 0 Å². The minimum atomic E-state index is -0.495. The molecule has 5 heteroatoms. The van der Waals surface area contributed by atoms with Crippen LogP contribution < -0.4 is 9.47 Å². The van der Waals surface area contributed by atoms with Crippen LogP contribution in [0.3, 0.4) is 0 Å². The molecule has 146 valence electrons. The maximum absolute atomic E-state index is 12.9. The summed E-state index contributed by atoms with van der Waals surface area (Å²) < 4.78 is 11.7. The summed E-state index contributed by atoms with van der Waals surface area (Å²) in [6.07, 6.45) is 2.99. The molecular formula is C23H25NO4. The van der Waals surface area contributed by atoms with Crippen molar-refractivity contribution < 1.29 is 19.1 Å². The Morgan fingerprint density at radius 1 is 1.11 bits per heavy atom. The normalized spacial score (nSPS) is 21.6. The van der Waals surface area contributed by atoms with E-state index in [0.29, 0.717) is 43.7 Å². The predicted octanol–water partition coefficient (Wildman–Crippen LogP) is 3.65. The largest absolute Gasteiger partial charge is 0.496 e. The number of nitrogens with zero attached hydrogens (tertiary/aromatic N) is 1. The maximum Gasteiger partial charge on any atom is 0.227 e. The first-order valence-corrected chi connectivity index (χ1v) is 9.81. The molecule has 0 aromatic heterocycles. The van der Waals surface area contributed by atoms with Gasteiger partial charge in [-0.05, 0) is 31.0 Å². The highest BCUT2D eigenvalue weighted by molar-refractivity contribution is 6.00. The summed E-state index contributed by atoms with van der Waals surface area (Å²) in [5.41, 5.74) is 1.07. The lowest BCUT2D eigenvalue weighted by Crippen LogP contribution is -2.43. The first-order chi connectivity index (χ1) is 13.6. The van der Waals surface area contributed by atoms with Crippen LogP contribution >= 0.6 is 0 Å². The average Bonchev–Trinajstić information content (AvgIpc) is 2.91. The molecule has 28 heavy (non-hydrogen) atoms. The molecule has 0 N–H and O–H groups in total. The summed E-state index contributed by atoms with van der Waals surface area (Å²) in [6.45, 7) is 1.29. The highest BCUT2D eigenvalue weighted by Gasteiger charge is 2.41. The third kappa shape index (κ3) is 3.61. The standard InChI is InChI=1S/C23H25NO4/c1-27-20-9-4-2-7-17(20)15-22(26)24-13-6-11-23(12-14-24)16-19(25)18-8-3-5-10-21(18)28-23/h2-5,7-10H,6,11-16H2,1H3. The predicted molar refractivity (Wildman–Crippen MR) is 106 cm³/mol. The lowest BCUT2D eigenvalue weighted by atomic mass is 9.84. The Morgan fingerprint density at radius 2 is 1.89 bits per heavy atom.